The molecule has 1 fully saturated rings. The Balaban J connectivity index is 1.45. The number of hydrogen-bond donors (Lipinski definition) is 2. The van der Waals surface area contributed by atoms with Crippen LogP contribution in [0.4, 0.5) is 18.9 Å². The fraction of sp³-hybridized carbons (Fsp3) is 0.400. The number of carbonyl (C=O) groups is 2. The minimum Gasteiger partial charge on any atom is -0.376 e. The lowest BCUT2D eigenvalue weighted by atomic mass is 9.80. The summed E-state index contributed by atoms with van der Waals surface area (Å²) < 4.78 is 39.7. The minimum atomic E-state index is -4.58. The van der Waals surface area contributed by atoms with Crippen LogP contribution in [0.15, 0.2) is 54.7 Å². The first-order valence-corrected chi connectivity index (χ1v) is 13.3. The minimum absolute atomic E-state index is 0.0488. The van der Waals surface area contributed by atoms with Crippen LogP contribution >= 0.6 is 0 Å². The number of carbonyl (C=O) groups excluding carboxylic acids is 2. The molecule has 2 amide bonds. The summed E-state index contributed by atoms with van der Waals surface area (Å²) in [5.41, 5.74) is -0.0288. The molecule has 3 heterocycles. The van der Waals surface area contributed by atoms with Crippen LogP contribution in [0.5, 0.6) is 0 Å². The number of pyridine rings is 1. The molecule has 0 bridgehead atoms. The van der Waals surface area contributed by atoms with Crippen LogP contribution in [0.2, 0.25) is 0 Å². The van der Waals surface area contributed by atoms with E-state index in [2.05, 4.69) is 16.4 Å². The average molecular weight is 566 g/mol. The predicted molar refractivity (Wildman–Crippen MR) is 146 cm³/mol. The van der Waals surface area contributed by atoms with Gasteiger partial charge in [-0.3, -0.25) is 19.5 Å². The Morgan fingerprint density at radius 1 is 1.27 bits per heavy atom. The van der Waals surface area contributed by atoms with E-state index in [1.807, 2.05) is 32.0 Å². The standard InChI is InChI=1S/C30H30F3N5O3/c1-17(2)10-25(37(3)26(39)18-8-9-23-19(11-18)12-20(15-35-23)30(31,32)33)27(40)38-16-29(13-21(38)14-34)22-6-4-5-7-24(22)36-28(29)41/h4-9,11-12,15,17,21,25,27,40H,10,13,16H2,1-3H3,(H,36,41)/t21-,25-,27?,29-/m0/s1. The third kappa shape index (κ3) is 5.02. The maximum absolute atomic E-state index is 13.7. The van der Waals surface area contributed by atoms with Gasteiger partial charge in [-0.15, -0.1) is 0 Å². The number of fused-ring (bicyclic) bond motifs is 3. The first-order chi connectivity index (χ1) is 19.4. The molecule has 5 rings (SSSR count). The van der Waals surface area contributed by atoms with E-state index in [1.54, 1.807) is 11.0 Å². The Labute approximate surface area is 235 Å². The summed E-state index contributed by atoms with van der Waals surface area (Å²) in [6.45, 7) is 3.96. The molecule has 1 spiro atoms. The van der Waals surface area contributed by atoms with Crippen molar-refractivity contribution in [1.29, 1.82) is 5.26 Å². The van der Waals surface area contributed by atoms with Crippen molar-refractivity contribution in [3.05, 3.63) is 71.4 Å². The van der Waals surface area contributed by atoms with Crippen LogP contribution in [-0.2, 0) is 16.4 Å². The number of likely N-dealkylation sites (tertiary alicyclic amines) is 1. The molecular weight excluding hydrogens is 535 g/mol. The molecular formula is C30H30F3N5O3. The molecule has 2 N–H and O–H groups in total. The Kier molecular flexibility index (Phi) is 7.26. The topological polar surface area (TPSA) is 110 Å². The molecule has 0 radical (unpaired) electrons. The lowest BCUT2D eigenvalue weighted by molar-refractivity contribution is -0.137. The second-order valence-corrected chi connectivity index (χ2v) is 11.3. The van der Waals surface area contributed by atoms with Gasteiger partial charge in [0.1, 0.15) is 12.3 Å². The van der Waals surface area contributed by atoms with Gasteiger partial charge in [0, 0.05) is 36.4 Å². The van der Waals surface area contributed by atoms with Gasteiger partial charge in [-0.1, -0.05) is 32.0 Å². The Bertz CT molecular complexity index is 1550. The summed E-state index contributed by atoms with van der Waals surface area (Å²) in [4.78, 5) is 33.7. The van der Waals surface area contributed by atoms with E-state index in [4.69, 9.17) is 0 Å². The number of nitrogens with zero attached hydrogens (tertiary/aromatic N) is 4. The molecule has 1 saturated heterocycles. The van der Waals surface area contributed by atoms with E-state index >= 15 is 0 Å². The summed E-state index contributed by atoms with van der Waals surface area (Å²) in [5, 5.41) is 24.8. The first kappa shape index (κ1) is 28.5. The number of halogens is 3. The van der Waals surface area contributed by atoms with Crippen LogP contribution in [0.25, 0.3) is 10.9 Å². The summed E-state index contributed by atoms with van der Waals surface area (Å²) in [6, 6.07) is 13.2. The van der Waals surface area contributed by atoms with Gasteiger partial charge >= 0.3 is 6.18 Å². The zero-order valence-electron chi connectivity index (χ0n) is 22.8. The molecule has 3 aromatic rings. The van der Waals surface area contributed by atoms with E-state index in [1.165, 1.54) is 30.1 Å². The Morgan fingerprint density at radius 2 is 2.00 bits per heavy atom. The van der Waals surface area contributed by atoms with Gasteiger partial charge in [-0.2, -0.15) is 18.4 Å². The number of benzene rings is 2. The number of hydrogen-bond acceptors (Lipinski definition) is 6. The van der Waals surface area contributed by atoms with Crippen molar-refractivity contribution in [2.75, 3.05) is 18.9 Å². The molecule has 0 saturated carbocycles. The van der Waals surface area contributed by atoms with Crippen LogP contribution in [0, 0.1) is 17.2 Å². The Hall–Kier alpha value is -4.01. The molecule has 0 aliphatic carbocycles. The van der Waals surface area contributed by atoms with Gasteiger partial charge in [0.2, 0.25) is 5.91 Å². The number of nitrogens with one attached hydrogen (secondary N) is 1. The van der Waals surface area contributed by atoms with Crippen molar-refractivity contribution in [2.24, 2.45) is 5.92 Å². The third-order valence-electron chi connectivity index (χ3n) is 8.14. The van der Waals surface area contributed by atoms with Crippen LogP contribution in [0.1, 0.15) is 48.2 Å². The maximum Gasteiger partial charge on any atom is 0.417 e. The van der Waals surface area contributed by atoms with E-state index in [9.17, 15) is 33.1 Å². The van der Waals surface area contributed by atoms with Crippen molar-refractivity contribution in [2.45, 2.75) is 56.6 Å². The van der Waals surface area contributed by atoms with E-state index in [0.717, 1.165) is 17.8 Å². The highest BCUT2D eigenvalue weighted by molar-refractivity contribution is 6.07. The number of nitriles is 1. The normalized spacial score (nSPS) is 22.0. The summed E-state index contributed by atoms with van der Waals surface area (Å²) >= 11 is 0. The second kappa shape index (κ2) is 10.4. The summed E-state index contributed by atoms with van der Waals surface area (Å²) in [7, 11) is 1.53. The van der Waals surface area contributed by atoms with Gasteiger partial charge in [-0.05, 0) is 54.7 Å². The number of anilines is 1. The highest BCUT2D eigenvalue weighted by atomic mass is 19.4. The van der Waals surface area contributed by atoms with Crippen molar-refractivity contribution in [3.8, 4) is 6.07 Å². The number of aliphatic hydroxyl groups excluding tert-OH is 1. The quantitative estimate of drug-likeness (QED) is 0.454. The second-order valence-electron chi connectivity index (χ2n) is 11.3. The molecule has 8 nitrogen and oxygen atoms in total. The SMILES string of the molecule is CC(C)C[C@@H](C(O)N1C[C@]2(C[C@H]1C#N)C(=O)Nc1ccccc12)N(C)C(=O)c1ccc2ncc(C(F)(F)F)cc2c1. The average Bonchev–Trinajstić information content (AvgIpc) is 3.47. The molecule has 2 aromatic carbocycles. The maximum atomic E-state index is 13.7. The van der Waals surface area contributed by atoms with Gasteiger partial charge < -0.3 is 15.3 Å². The molecule has 1 aromatic heterocycles. The molecule has 2 aliphatic heterocycles. The summed E-state index contributed by atoms with van der Waals surface area (Å²) in [5.74, 6) is -0.686. The molecule has 214 valence electrons. The first-order valence-electron chi connectivity index (χ1n) is 13.3. The van der Waals surface area contributed by atoms with E-state index in [-0.39, 0.29) is 35.7 Å². The number of aliphatic hydroxyl groups is 1. The van der Waals surface area contributed by atoms with E-state index < -0.39 is 41.4 Å². The molecule has 1 unspecified atom stereocenters. The van der Waals surface area contributed by atoms with Crippen molar-refractivity contribution < 1.29 is 27.9 Å². The predicted octanol–water partition coefficient (Wildman–Crippen LogP) is 4.55. The van der Waals surface area contributed by atoms with Gasteiger partial charge in [0.25, 0.3) is 5.91 Å². The molecule has 2 aliphatic rings. The highest BCUT2D eigenvalue weighted by Crippen LogP contribution is 2.47. The van der Waals surface area contributed by atoms with Gasteiger partial charge in [-0.25, -0.2) is 0 Å². The van der Waals surface area contributed by atoms with Gasteiger partial charge in [0.05, 0.1) is 28.6 Å². The number of likely N-dealkylation sites (N-methyl/N-ethyl adjacent to an activating group) is 1. The third-order valence-corrected chi connectivity index (χ3v) is 8.14. The van der Waals surface area contributed by atoms with Crippen molar-refractivity contribution in [1.82, 2.24) is 14.8 Å². The number of rotatable bonds is 6. The monoisotopic (exact) mass is 565 g/mol. The van der Waals surface area contributed by atoms with Crippen molar-refractivity contribution in [3.63, 3.8) is 0 Å². The van der Waals surface area contributed by atoms with Crippen LogP contribution in [0.3, 0.4) is 0 Å². The number of aromatic nitrogens is 1. The van der Waals surface area contributed by atoms with E-state index in [0.29, 0.717) is 17.6 Å². The lowest BCUT2D eigenvalue weighted by Gasteiger charge is -2.38. The molecule has 41 heavy (non-hydrogen) atoms. The highest BCUT2D eigenvalue weighted by Gasteiger charge is 2.56. The Morgan fingerprint density at radius 3 is 2.68 bits per heavy atom. The number of alkyl halides is 3. The molecule has 11 heteroatoms. The largest absolute Gasteiger partial charge is 0.417 e. The fourth-order valence-electron chi connectivity index (χ4n) is 6.02. The smallest absolute Gasteiger partial charge is 0.376 e. The van der Waals surface area contributed by atoms with Crippen LogP contribution in [-0.4, -0.2) is 63.6 Å². The number of para-hydroxylation sites is 1. The fourth-order valence-corrected chi connectivity index (χ4v) is 6.02. The zero-order chi connectivity index (χ0) is 29.7. The number of amides is 2. The zero-order valence-corrected chi connectivity index (χ0v) is 22.8. The van der Waals surface area contributed by atoms with Crippen molar-refractivity contribution >= 4 is 28.4 Å². The lowest BCUT2D eigenvalue weighted by Crippen LogP contribution is -2.54. The van der Waals surface area contributed by atoms with Crippen LogP contribution < -0.4 is 5.32 Å². The summed E-state index contributed by atoms with van der Waals surface area (Å²) in [6.07, 6.45) is -4.54. The van der Waals surface area contributed by atoms with Gasteiger partial charge in [0.15, 0.2) is 0 Å². The molecule has 4 atom stereocenters.